The van der Waals surface area contributed by atoms with Crippen molar-refractivity contribution in [3.63, 3.8) is 0 Å². The van der Waals surface area contributed by atoms with Gasteiger partial charge in [-0.25, -0.2) is 4.98 Å². The van der Waals surface area contributed by atoms with Crippen LogP contribution in [0.3, 0.4) is 0 Å². The predicted octanol–water partition coefficient (Wildman–Crippen LogP) is 4.66. The summed E-state index contributed by atoms with van der Waals surface area (Å²) in [4.78, 5) is 24.7. The van der Waals surface area contributed by atoms with E-state index in [-0.39, 0.29) is 11.4 Å². The van der Waals surface area contributed by atoms with E-state index in [1.807, 2.05) is 31.2 Å². The van der Waals surface area contributed by atoms with Crippen molar-refractivity contribution in [3.8, 4) is 0 Å². The first-order valence-corrected chi connectivity index (χ1v) is 9.64. The van der Waals surface area contributed by atoms with Gasteiger partial charge in [0, 0.05) is 46.9 Å². The van der Waals surface area contributed by atoms with Gasteiger partial charge in [0.15, 0.2) is 0 Å². The van der Waals surface area contributed by atoms with E-state index in [0.29, 0.717) is 12.4 Å². The van der Waals surface area contributed by atoms with Crippen LogP contribution in [0.25, 0.3) is 10.9 Å². The molecule has 0 aliphatic rings. The summed E-state index contributed by atoms with van der Waals surface area (Å²) >= 11 is 0. The molecule has 10 heteroatoms. The highest BCUT2D eigenvalue weighted by molar-refractivity contribution is 6.01. The summed E-state index contributed by atoms with van der Waals surface area (Å²) in [5, 5.41) is 26.9. The quantitative estimate of drug-likeness (QED) is 0.258. The van der Waals surface area contributed by atoms with E-state index >= 15 is 0 Å². The first kappa shape index (κ1) is 20.7. The lowest BCUT2D eigenvalue weighted by molar-refractivity contribution is -0.385. The Kier molecular flexibility index (Phi) is 5.58. The van der Waals surface area contributed by atoms with Crippen molar-refractivity contribution in [2.24, 2.45) is 5.10 Å². The molecule has 0 aliphatic heterocycles. The molecule has 0 fully saturated rings. The third-order valence-electron chi connectivity index (χ3n) is 5.10. The minimum absolute atomic E-state index is 0.0570. The lowest BCUT2D eigenvalue weighted by atomic mass is 10.1. The predicted molar refractivity (Wildman–Crippen MR) is 121 cm³/mol. The van der Waals surface area contributed by atoms with Crippen LogP contribution in [0.2, 0.25) is 0 Å². The summed E-state index contributed by atoms with van der Waals surface area (Å²) in [7, 11) is 0. The zero-order valence-corrected chi connectivity index (χ0v) is 17.0. The molecule has 0 saturated heterocycles. The van der Waals surface area contributed by atoms with Gasteiger partial charge in [-0.05, 0) is 24.6 Å². The van der Waals surface area contributed by atoms with E-state index in [9.17, 15) is 20.2 Å². The fourth-order valence-electron chi connectivity index (χ4n) is 3.45. The number of para-hydroxylation sites is 1. The van der Waals surface area contributed by atoms with Gasteiger partial charge in [-0.1, -0.05) is 30.3 Å². The molecule has 1 N–H and O–H groups in total. The van der Waals surface area contributed by atoms with Crippen LogP contribution in [0.5, 0.6) is 0 Å². The molecule has 0 radical (unpaired) electrons. The number of pyridine rings is 1. The van der Waals surface area contributed by atoms with Gasteiger partial charge >= 0.3 is 0 Å². The number of non-ortho nitro benzene ring substituents is 1. The molecule has 0 spiro atoms. The third kappa shape index (κ3) is 4.15. The number of benzene rings is 2. The molecule has 0 amide bonds. The largest absolute Gasteiger partial charge is 0.340 e. The van der Waals surface area contributed by atoms with Crippen molar-refractivity contribution in [2.45, 2.75) is 13.5 Å². The van der Waals surface area contributed by atoms with Gasteiger partial charge < -0.3 is 4.57 Å². The molecule has 4 aromatic rings. The van der Waals surface area contributed by atoms with Gasteiger partial charge in [0.1, 0.15) is 12.0 Å². The lowest BCUT2D eigenvalue weighted by Crippen LogP contribution is -2.03. The Labute approximate surface area is 182 Å². The fourth-order valence-corrected chi connectivity index (χ4v) is 3.45. The Morgan fingerprint density at radius 3 is 2.34 bits per heavy atom. The number of nitro groups is 2. The molecule has 0 unspecified atom stereocenters. The molecule has 2 aromatic heterocycles. The van der Waals surface area contributed by atoms with Crippen LogP contribution in [0.15, 0.2) is 72.0 Å². The zero-order valence-electron chi connectivity index (χ0n) is 17.0. The molecule has 32 heavy (non-hydrogen) atoms. The number of rotatable bonds is 7. The second-order valence-electron chi connectivity index (χ2n) is 7.05. The van der Waals surface area contributed by atoms with Gasteiger partial charge in [-0.3, -0.25) is 25.7 Å². The van der Waals surface area contributed by atoms with Crippen molar-refractivity contribution in [1.29, 1.82) is 0 Å². The number of hydrogen-bond donors (Lipinski definition) is 1. The molecule has 0 aliphatic carbocycles. The Morgan fingerprint density at radius 1 is 1.00 bits per heavy atom. The van der Waals surface area contributed by atoms with Crippen molar-refractivity contribution < 1.29 is 9.85 Å². The fraction of sp³-hybridized carbons (Fsp3) is 0.0909. The molecule has 160 valence electrons. The number of anilines is 1. The molecule has 0 bridgehead atoms. The smallest absolute Gasteiger partial charge is 0.287 e. The molecule has 4 rings (SSSR count). The van der Waals surface area contributed by atoms with E-state index in [2.05, 4.69) is 20.1 Å². The van der Waals surface area contributed by atoms with Gasteiger partial charge in [-0.2, -0.15) is 5.10 Å². The molecule has 2 heterocycles. The summed E-state index contributed by atoms with van der Waals surface area (Å²) in [6.07, 6.45) is 2.85. The van der Waals surface area contributed by atoms with Crippen molar-refractivity contribution in [1.82, 2.24) is 9.55 Å². The van der Waals surface area contributed by atoms with Crippen LogP contribution in [0.1, 0.15) is 16.8 Å². The highest BCUT2D eigenvalue weighted by Crippen LogP contribution is 2.26. The van der Waals surface area contributed by atoms with Crippen molar-refractivity contribution in [3.05, 3.63) is 104 Å². The SMILES string of the molecule is Cc1c(/C=N/Nc2ccc([N+](=O)[O-])cn2)c2ccccc2n1Cc1ccc([N+](=O)[O-])cc1. The van der Waals surface area contributed by atoms with Crippen LogP contribution in [0, 0.1) is 27.2 Å². The van der Waals surface area contributed by atoms with Crippen LogP contribution >= 0.6 is 0 Å². The number of nitro benzene ring substituents is 1. The highest BCUT2D eigenvalue weighted by atomic mass is 16.6. The summed E-state index contributed by atoms with van der Waals surface area (Å²) < 4.78 is 2.13. The molecule has 2 aromatic carbocycles. The number of nitrogens with one attached hydrogen (secondary N) is 1. The molecular formula is C22H18N6O4. The number of hydrogen-bond acceptors (Lipinski definition) is 7. The standard InChI is InChI=1S/C22H18N6O4/c1-15-20(13-24-25-22-11-10-18(12-23-22)28(31)32)19-4-2-3-5-21(19)26(15)14-16-6-8-17(9-7-16)27(29)30/h2-13H,14H2,1H3,(H,23,25)/b24-13+. The van der Waals surface area contributed by atoms with Crippen LogP contribution in [0.4, 0.5) is 17.2 Å². The average Bonchev–Trinajstić information content (AvgIpc) is 3.06. The minimum Gasteiger partial charge on any atom is -0.340 e. The minimum atomic E-state index is -0.511. The van der Waals surface area contributed by atoms with E-state index in [0.717, 1.165) is 27.7 Å². The average molecular weight is 430 g/mol. The summed E-state index contributed by atoms with van der Waals surface area (Å²) in [6, 6.07) is 17.3. The van der Waals surface area contributed by atoms with E-state index < -0.39 is 9.85 Å². The molecule has 0 atom stereocenters. The maximum absolute atomic E-state index is 10.9. The second-order valence-corrected chi connectivity index (χ2v) is 7.05. The maximum atomic E-state index is 10.9. The second kappa shape index (κ2) is 8.64. The van der Waals surface area contributed by atoms with Gasteiger partial charge in [-0.15, -0.1) is 0 Å². The van der Waals surface area contributed by atoms with Crippen LogP contribution < -0.4 is 5.43 Å². The van der Waals surface area contributed by atoms with Crippen molar-refractivity contribution in [2.75, 3.05) is 5.43 Å². The Bertz CT molecular complexity index is 1330. The number of hydrazone groups is 1. The Hall–Kier alpha value is -4.60. The first-order chi connectivity index (χ1) is 15.4. The monoisotopic (exact) mass is 430 g/mol. The molecular weight excluding hydrogens is 412 g/mol. The number of nitrogens with zero attached hydrogens (tertiary/aromatic N) is 5. The maximum Gasteiger partial charge on any atom is 0.287 e. The van der Waals surface area contributed by atoms with E-state index in [1.165, 1.54) is 30.5 Å². The van der Waals surface area contributed by atoms with Gasteiger partial charge in [0.2, 0.25) is 0 Å². The highest BCUT2D eigenvalue weighted by Gasteiger charge is 2.13. The first-order valence-electron chi connectivity index (χ1n) is 9.64. The Morgan fingerprint density at radius 2 is 1.69 bits per heavy atom. The van der Waals surface area contributed by atoms with Crippen molar-refractivity contribution >= 4 is 34.3 Å². The van der Waals surface area contributed by atoms with Crippen LogP contribution in [-0.4, -0.2) is 25.6 Å². The van der Waals surface area contributed by atoms with Gasteiger partial charge in [0.25, 0.3) is 11.4 Å². The zero-order chi connectivity index (χ0) is 22.7. The topological polar surface area (TPSA) is 128 Å². The molecule has 10 nitrogen and oxygen atoms in total. The normalized spacial score (nSPS) is 11.2. The third-order valence-corrected chi connectivity index (χ3v) is 5.10. The molecule has 0 saturated carbocycles. The summed E-state index contributed by atoms with van der Waals surface area (Å²) in [5.74, 6) is 0.388. The van der Waals surface area contributed by atoms with E-state index in [1.54, 1.807) is 18.3 Å². The van der Waals surface area contributed by atoms with E-state index in [4.69, 9.17) is 0 Å². The number of aromatic nitrogens is 2. The van der Waals surface area contributed by atoms with Gasteiger partial charge in [0.05, 0.1) is 16.1 Å². The van der Waals surface area contributed by atoms with Crippen LogP contribution in [-0.2, 0) is 6.54 Å². The lowest BCUT2D eigenvalue weighted by Gasteiger charge is -2.08. The number of fused-ring (bicyclic) bond motifs is 1. The Balaban J connectivity index is 1.61. The summed E-state index contributed by atoms with van der Waals surface area (Å²) in [6.45, 7) is 2.53. The summed E-state index contributed by atoms with van der Waals surface area (Å²) in [5.41, 5.74) is 6.60.